The fourth-order valence-electron chi connectivity index (χ4n) is 1.96. The molecule has 2 heteroatoms. The van der Waals surface area contributed by atoms with Crippen LogP contribution >= 0.6 is 0 Å². The number of nitrogens with zero attached hydrogens (tertiary/aromatic N) is 1. The largest absolute Gasteiger partial charge is 0.352 e. The van der Waals surface area contributed by atoms with Crippen molar-refractivity contribution in [3.63, 3.8) is 0 Å². The minimum Gasteiger partial charge on any atom is -0.352 e. The summed E-state index contributed by atoms with van der Waals surface area (Å²) in [5.41, 5.74) is 6.28. The maximum atomic E-state index is 6.17. The van der Waals surface area contributed by atoms with E-state index in [0.29, 0.717) is 0 Å². The normalized spacial score (nSPS) is 33.7. The van der Waals surface area contributed by atoms with Gasteiger partial charge in [0.25, 0.3) is 0 Å². The maximum absolute atomic E-state index is 6.17. The van der Waals surface area contributed by atoms with Crippen molar-refractivity contribution in [1.82, 2.24) is 4.57 Å². The van der Waals surface area contributed by atoms with Crippen LogP contribution in [0.1, 0.15) is 19.8 Å². The smallest absolute Gasteiger partial charge is 0.0403 e. The number of nitrogens with two attached hydrogens (primary N) is 1. The molecule has 0 radical (unpaired) electrons. The number of aromatic nitrogens is 1. The zero-order valence-corrected chi connectivity index (χ0v) is 7.53. The molecule has 0 amide bonds. The van der Waals surface area contributed by atoms with Crippen molar-refractivity contribution in [3.05, 3.63) is 24.5 Å². The van der Waals surface area contributed by atoms with Crippen LogP contribution in [0.15, 0.2) is 24.5 Å². The van der Waals surface area contributed by atoms with Crippen LogP contribution < -0.4 is 5.73 Å². The van der Waals surface area contributed by atoms with Crippen LogP contribution in [0.25, 0.3) is 0 Å². The maximum Gasteiger partial charge on any atom is 0.0403 e. The summed E-state index contributed by atoms with van der Waals surface area (Å²) < 4.78 is 2.18. The molecule has 1 aromatic rings. The van der Waals surface area contributed by atoms with Crippen LogP contribution in [-0.2, 0) is 6.54 Å². The first-order chi connectivity index (χ1) is 5.74. The van der Waals surface area contributed by atoms with Gasteiger partial charge in [-0.25, -0.2) is 0 Å². The standard InChI is InChI=1S/C10H16N2/c1-2-9-7-10(9,11)8-12-5-3-4-6-12/h3-6,9H,2,7-8,11H2,1H3. The zero-order chi connectivity index (χ0) is 8.60. The number of hydrogen-bond acceptors (Lipinski definition) is 1. The lowest BCUT2D eigenvalue weighted by Gasteiger charge is -2.11. The van der Waals surface area contributed by atoms with Crippen LogP contribution in [0.5, 0.6) is 0 Å². The highest BCUT2D eigenvalue weighted by Gasteiger charge is 2.49. The van der Waals surface area contributed by atoms with Crippen molar-refractivity contribution < 1.29 is 0 Å². The number of hydrogen-bond donors (Lipinski definition) is 1. The van der Waals surface area contributed by atoms with Crippen molar-refractivity contribution in [2.24, 2.45) is 11.7 Å². The van der Waals surface area contributed by atoms with Gasteiger partial charge < -0.3 is 10.3 Å². The van der Waals surface area contributed by atoms with Gasteiger partial charge in [-0.15, -0.1) is 0 Å². The van der Waals surface area contributed by atoms with Crippen LogP contribution in [0.2, 0.25) is 0 Å². The molecule has 0 bridgehead atoms. The van der Waals surface area contributed by atoms with Gasteiger partial charge in [-0.3, -0.25) is 0 Å². The fraction of sp³-hybridized carbons (Fsp3) is 0.600. The van der Waals surface area contributed by atoms with Crippen molar-refractivity contribution in [2.45, 2.75) is 31.8 Å². The van der Waals surface area contributed by atoms with Crippen LogP contribution in [0.3, 0.4) is 0 Å². The van der Waals surface area contributed by atoms with Gasteiger partial charge in [0.05, 0.1) is 0 Å². The predicted molar refractivity (Wildman–Crippen MR) is 49.7 cm³/mol. The minimum atomic E-state index is 0.105. The Morgan fingerprint density at radius 1 is 1.50 bits per heavy atom. The molecule has 2 atom stereocenters. The average molecular weight is 164 g/mol. The SMILES string of the molecule is CCC1CC1(N)Cn1cccc1. The Kier molecular flexibility index (Phi) is 1.72. The van der Waals surface area contributed by atoms with Crippen molar-refractivity contribution >= 4 is 0 Å². The van der Waals surface area contributed by atoms with Gasteiger partial charge >= 0.3 is 0 Å². The van der Waals surface area contributed by atoms with Crippen LogP contribution in [0, 0.1) is 5.92 Å². The second kappa shape index (κ2) is 2.63. The Bertz CT molecular complexity index is 253. The summed E-state index contributed by atoms with van der Waals surface area (Å²) in [6.45, 7) is 3.20. The van der Waals surface area contributed by atoms with E-state index in [1.54, 1.807) is 0 Å². The Balaban J connectivity index is 1.97. The molecule has 2 nitrogen and oxygen atoms in total. The molecule has 1 heterocycles. The van der Waals surface area contributed by atoms with E-state index in [0.717, 1.165) is 12.5 Å². The van der Waals surface area contributed by atoms with Crippen LogP contribution in [0.4, 0.5) is 0 Å². The predicted octanol–water partition coefficient (Wildman–Crippen LogP) is 1.62. The highest BCUT2D eigenvalue weighted by molar-refractivity contribution is 5.08. The summed E-state index contributed by atoms with van der Waals surface area (Å²) in [6.07, 6.45) is 6.58. The van der Waals surface area contributed by atoms with Gasteiger partial charge in [-0.05, 0) is 24.5 Å². The molecule has 2 unspecified atom stereocenters. The minimum absolute atomic E-state index is 0.105. The quantitative estimate of drug-likeness (QED) is 0.723. The second-order valence-electron chi connectivity index (χ2n) is 3.90. The topological polar surface area (TPSA) is 30.9 Å². The molecule has 0 aromatic carbocycles. The molecular formula is C10H16N2. The molecule has 0 spiro atoms. The fourth-order valence-corrected chi connectivity index (χ4v) is 1.96. The summed E-state index contributed by atoms with van der Waals surface area (Å²) in [4.78, 5) is 0. The van der Waals surface area contributed by atoms with Crippen molar-refractivity contribution in [2.75, 3.05) is 0 Å². The summed E-state index contributed by atoms with van der Waals surface area (Å²) in [7, 11) is 0. The highest BCUT2D eigenvalue weighted by atomic mass is 15.0. The van der Waals surface area contributed by atoms with E-state index in [1.807, 2.05) is 12.1 Å². The third-order valence-electron chi connectivity index (χ3n) is 2.92. The first-order valence-electron chi connectivity index (χ1n) is 4.64. The van der Waals surface area contributed by atoms with E-state index in [4.69, 9.17) is 5.73 Å². The van der Waals surface area contributed by atoms with Gasteiger partial charge in [-0.2, -0.15) is 0 Å². The van der Waals surface area contributed by atoms with Crippen molar-refractivity contribution in [1.29, 1.82) is 0 Å². The molecule has 1 fully saturated rings. The van der Waals surface area contributed by atoms with Crippen molar-refractivity contribution in [3.8, 4) is 0 Å². The molecule has 1 aliphatic carbocycles. The van der Waals surface area contributed by atoms with Gasteiger partial charge in [0.1, 0.15) is 0 Å². The summed E-state index contributed by atoms with van der Waals surface area (Å²) in [5.74, 6) is 0.750. The Hall–Kier alpha value is -0.760. The molecule has 0 aliphatic heterocycles. The third-order valence-corrected chi connectivity index (χ3v) is 2.92. The molecule has 2 N–H and O–H groups in total. The van der Waals surface area contributed by atoms with E-state index >= 15 is 0 Å². The van der Waals surface area contributed by atoms with E-state index in [2.05, 4.69) is 23.9 Å². The monoisotopic (exact) mass is 164 g/mol. The first kappa shape index (κ1) is 7.87. The molecule has 1 aromatic heterocycles. The highest BCUT2D eigenvalue weighted by Crippen LogP contribution is 2.44. The summed E-state index contributed by atoms with van der Waals surface area (Å²) >= 11 is 0. The number of rotatable bonds is 3. The van der Waals surface area contributed by atoms with Gasteiger partial charge in [0.2, 0.25) is 0 Å². The first-order valence-corrected chi connectivity index (χ1v) is 4.64. The Morgan fingerprint density at radius 3 is 2.67 bits per heavy atom. The molecular weight excluding hydrogens is 148 g/mol. The molecule has 1 saturated carbocycles. The average Bonchev–Trinajstić information content (AvgIpc) is 2.48. The second-order valence-corrected chi connectivity index (χ2v) is 3.90. The van der Waals surface area contributed by atoms with E-state index < -0.39 is 0 Å². The summed E-state index contributed by atoms with van der Waals surface area (Å²) in [5, 5.41) is 0. The third kappa shape index (κ3) is 1.27. The molecule has 2 rings (SSSR count). The Labute approximate surface area is 73.4 Å². The lowest BCUT2D eigenvalue weighted by Crippen LogP contribution is -2.30. The molecule has 0 saturated heterocycles. The molecule has 12 heavy (non-hydrogen) atoms. The summed E-state index contributed by atoms with van der Waals surface area (Å²) in [6, 6.07) is 4.10. The van der Waals surface area contributed by atoms with Gasteiger partial charge in [-0.1, -0.05) is 13.3 Å². The van der Waals surface area contributed by atoms with Gasteiger partial charge in [0.15, 0.2) is 0 Å². The van der Waals surface area contributed by atoms with Crippen LogP contribution in [-0.4, -0.2) is 10.1 Å². The lowest BCUT2D eigenvalue weighted by atomic mass is 10.2. The molecule has 66 valence electrons. The Morgan fingerprint density at radius 2 is 2.17 bits per heavy atom. The van der Waals surface area contributed by atoms with E-state index in [-0.39, 0.29) is 5.54 Å². The van der Waals surface area contributed by atoms with E-state index in [9.17, 15) is 0 Å². The lowest BCUT2D eigenvalue weighted by molar-refractivity contribution is 0.493. The van der Waals surface area contributed by atoms with Gasteiger partial charge in [0, 0.05) is 24.5 Å². The van der Waals surface area contributed by atoms with E-state index in [1.165, 1.54) is 12.8 Å². The molecule has 1 aliphatic rings. The zero-order valence-electron chi connectivity index (χ0n) is 7.53.